The molecular weight excluding hydrogens is 214 g/mol. The molecule has 0 radical (unpaired) electrons. The van der Waals surface area contributed by atoms with Gasteiger partial charge < -0.3 is 10.0 Å². The predicted molar refractivity (Wildman–Crippen MR) is 55.6 cm³/mol. The summed E-state index contributed by atoms with van der Waals surface area (Å²) >= 11 is 1.03. The first kappa shape index (κ1) is 10.5. The molecule has 5 nitrogen and oxygen atoms in total. The molecule has 2 heterocycles. The van der Waals surface area contributed by atoms with Crippen molar-refractivity contribution in [3.05, 3.63) is 11.9 Å². The summed E-state index contributed by atoms with van der Waals surface area (Å²) in [5.74, 6) is 0.234. The third-order valence-corrected chi connectivity index (χ3v) is 3.39. The SMILES string of the molecule is CC1CCN(C(=O)c2cnsn2)C1CO. The van der Waals surface area contributed by atoms with Crippen LogP contribution >= 0.6 is 11.7 Å². The molecule has 1 amide bonds. The number of nitrogens with zero attached hydrogens (tertiary/aromatic N) is 3. The molecule has 15 heavy (non-hydrogen) atoms. The van der Waals surface area contributed by atoms with E-state index in [4.69, 9.17) is 0 Å². The van der Waals surface area contributed by atoms with E-state index in [-0.39, 0.29) is 18.6 Å². The van der Waals surface area contributed by atoms with Crippen molar-refractivity contribution in [3.63, 3.8) is 0 Å². The van der Waals surface area contributed by atoms with Crippen molar-refractivity contribution in [2.45, 2.75) is 19.4 Å². The maximum absolute atomic E-state index is 11.9. The van der Waals surface area contributed by atoms with Gasteiger partial charge in [-0.1, -0.05) is 6.92 Å². The smallest absolute Gasteiger partial charge is 0.275 e. The van der Waals surface area contributed by atoms with Crippen LogP contribution in [0.4, 0.5) is 0 Å². The Morgan fingerprint density at radius 1 is 1.80 bits per heavy atom. The van der Waals surface area contributed by atoms with E-state index in [1.165, 1.54) is 6.20 Å². The van der Waals surface area contributed by atoms with Crippen molar-refractivity contribution in [1.29, 1.82) is 0 Å². The van der Waals surface area contributed by atoms with Crippen molar-refractivity contribution in [1.82, 2.24) is 13.6 Å². The van der Waals surface area contributed by atoms with E-state index in [1.807, 2.05) is 6.92 Å². The Balaban J connectivity index is 2.14. The molecule has 1 N–H and O–H groups in total. The second-order valence-corrected chi connectivity index (χ2v) is 4.36. The second kappa shape index (κ2) is 4.24. The molecule has 2 atom stereocenters. The van der Waals surface area contributed by atoms with Gasteiger partial charge in [-0.25, -0.2) is 0 Å². The van der Waals surface area contributed by atoms with Gasteiger partial charge in [0, 0.05) is 6.54 Å². The first-order valence-electron chi connectivity index (χ1n) is 4.93. The van der Waals surface area contributed by atoms with Gasteiger partial charge in [0.25, 0.3) is 5.91 Å². The topological polar surface area (TPSA) is 66.3 Å². The molecule has 0 bridgehead atoms. The summed E-state index contributed by atoms with van der Waals surface area (Å²) in [6.45, 7) is 2.76. The number of likely N-dealkylation sites (tertiary alicyclic amines) is 1. The highest BCUT2D eigenvalue weighted by atomic mass is 32.1. The van der Waals surface area contributed by atoms with Crippen molar-refractivity contribution >= 4 is 17.6 Å². The van der Waals surface area contributed by atoms with Crippen LogP contribution in [-0.2, 0) is 0 Å². The number of aromatic nitrogens is 2. The molecule has 0 saturated carbocycles. The van der Waals surface area contributed by atoms with Crippen LogP contribution in [0.5, 0.6) is 0 Å². The average molecular weight is 227 g/mol. The van der Waals surface area contributed by atoms with Crippen molar-refractivity contribution < 1.29 is 9.90 Å². The van der Waals surface area contributed by atoms with Gasteiger partial charge in [0.15, 0.2) is 5.69 Å². The highest BCUT2D eigenvalue weighted by Gasteiger charge is 2.34. The standard InChI is InChI=1S/C9H13N3O2S/c1-6-2-3-12(8(6)5-13)9(14)7-4-10-15-11-7/h4,6,8,13H,2-3,5H2,1H3. The molecule has 82 valence electrons. The number of aliphatic hydroxyl groups is 1. The summed E-state index contributed by atoms with van der Waals surface area (Å²) in [7, 11) is 0. The lowest BCUT2D eigenvalue weighted by atomic mass is 10.0. The molecule has 0 spiro atoms. The normalized spacial score (nSPS) is 25.9. The largest absolute Gasteiger partial charge is 0.394 e. The number of hydrogen-bond acceptors (Lipinski definition) is 5. The predicted octanol–water partition coefficient (Wildman–Crippen LogP) is 0.381. The first-order valence-corrected chi connectivity index (χ1v) is 5.66. The average Bonchev–Trinajstić information content (AvgIpc) is 2.85. The summed E-state index contributed by atoms with van der Waals surface area (Å²) in [5, 5.41) is 9.23. The number of amides is 1. The molecule has 2 unspecified atom stereocenters. The van der Waals surface area contributed by atoms with E-state index >= 15 is 0 Å². The third-order valence-electron chi connectivity index (χ3n) is 2.91. The van der Waals surface area contributed by atoms with Crippen molar-refractivity contribution in [2.24, 2.45) is 5.92 Å². The Morgan fingerprint density at radius 3 is 3.20 bits per heavy atom. The minimum Gasteiger partial charge on any atom is -0.394 e. The number of rotatable bonds is 2. The molecule has 6 heteroatoms. The van der Waals surface area contributed by atoms with Gasteiger partial charge in [-0.05, 0) is 12.3 Å². The number of carbonyl (C=O) groups excluding carboxylic acids is 1. The highest BCUT2D eigenvalue weighted by Crippen LogP contribution is 2.24. The van der Waals surface area contributed by atoms with Crippen LogP contribution in [0.3, 0.4) is 0 Å². The Labute approximate surface area is 92.1 Å². The van der Waals surface area contributed by atoms with Gasteiger partial charge >= 0.3 is 0 Å². The summed E-state index contributed by atoms with van der Waals surface area (Å²) in [6.07, 6.45) is 2.42. The molecule has 1 fully saturated rings. The summed E-state index contributed by atoms with van der Waals surface area (Å²) < 4.78 is 7.72. The summed E-state index contributed by atoms with van der Waals surface area (Å²) in [4.78, 5) is 13.6. The minimum atomic E-state index is -0.118. The van der Waals surface area contributed by atoms with Gasteiger partial charge in [-0.3, -0.25) is 4.79 Å². The lowest BCUT2D eigenvalue weighted by Gasteiger charge is -2.24. The van der Waals surface area contributed by atoms with Crippen LogP contribution in [0.15, 0.2) is 6.20 Å². The second-order valence-electron chi connectivity index (χ2n) is 3.81. The van der Waals surface area contributed by atoms with Crippen LogP contribution < -0.4 is 0 Å². The fraction of sp³-hybridized carbons (Fsp3) is 0.667. The monoisotopic (exact) mass is 227 g/mol. The summed E-state index contributed by atoms with van der Waals surface area (Å²) in [6, 6.07) is -0.0702. The van der Waals surface area contributed by atoms with Crippen molar-refractivity contribution in [3.8, 4) is 0 Å². The first-order chi connectivity index (χ1) is 7.24. The third kappa shape index (κ3) is 1.87. The van der Waals surface area contributed by atoms with Gasteiger partial charge in [0.1, 0.15) is 0 Å². The van der Waals surface area contributed by atoms with Gasteiger partial charge in [0.2, 0.25) is 0 Å². The maximum atomic E-state index is 11.9. The lowest BCUT2D eigenvalue weighted by Crippen LogP contribution is -2.39. The van der Waals surface area contributed by atoms with Crippen LogP contribution in [-0.4, -0.2) is 43.9 Å². The zero-order valence-corrected chi connectivity index (χ0v) is 9.28. The molecule has 1 aliphatic heterocycles. The Morgan fingerprint density at radius 2 is 2.60 bits per heavy atom. The van der Waals surface area contributed by atoms with Crippen LogP contribution in [0.1, 0.15) is 23.8 Å². The molecule has 0 aliphatic carbocycles. The van der Waals surface area contributed by atoms with E-state index < -0.39 is 0 Å². The molecule has 1 aromatic rings. The van der Waals surface area contributed by atoms with Crippen molar-refractivity contribution in [2.75, 3.05) is 13.2 Å². The molecule has 2 rings (SSSR count). The highest BCUT2D eigenvalue weighted by molar-refractivity contribution is 6.99. The Bertz CT molecular complexity index is 341. The van der Waals surface area contributed by atoms with Crippen LogP contribution in [0.25, 0.3) is 0 Å². The van der Waals surface area contributed by atoms with Gasteiger partial charge in [-0.2, -0.15) is 8.75 Å². The quantitative estimate of drug-likeness (QED) is 0.793. The van der Waals surface area contributed by atoms with Crippen LogP contribution in [0.2, 0.25) is 0 Å². The van der Waals surface area contributed by atoms with E-state index in [9.17, 15) is 9.90 Å². The van der Waals surface area contributed by atoms with Gasteiger partial charge in [-0.15, -0.1) is 0 Å². The van der Waals surface area contributed by atoms with Gasteiger partial charge in [0.05, 0.1) is 30.6 Å². The van der Waals surface area contributed by atoms with E-state index in [0.29, 0.717) is 18.2 Å². The lowest BCUT2D eigenvalue weighted by molar-refractivity contribution is 0.0643. The molecule has 1 saturated heterocycles. The molecule has 0 aromatic carbocycles. The zero-order valence-electron chi connectivity index (χ0n) is 8.46. The molecule has 1 aromatic heterocycles. The fourth-order valence-electron chi connectivity index (χ4n) is 1.94. The summed E-state index contributed by atoms with van der Waals surface area (Å²) in [5.41, 5.74) is 0.382. The molecular formula is C9H13N3O2S. The molecule has 1 aliphatic rings. The minimum absolute atomic E-state index is 0.0183. The number of carbonyl (C=O) groups is 1. The van der Waals surface area contributed by atoms with E-state index in [2.05, 4.69) is 8.75 Å². The Kier molecular flexibility index (Phi) is 2.97. The number of hydrogen-bond donors (Lipinski definition) is 1. The number of aliphatic hydroxyl groups excluding tert-OH is 1. The maximum Gasteiger partial charge on any atom is 0.275 e. The fourth-order valence-corrected chi connectivity index (χ4v) is 2.35. The Hall–Kier alpha value is -1.01. The van der Waals surface area contributed by atoms with E-state index in [0.717, 1.165) is 18.1 Å². The van der Waals surface area contributed by atoms with E-state index in [1.54, 1.807) is 4.90 Å². The zero-order chi connectivity index (χ0) is 10.8. The van der Waals surface area contributed by atoms with Crippen LogP contribution in [0, 0.1) is 5.92 Å².